The molecule has 166 valence electrons. The van der Waals surface area contributed by atoms with Gasteiger partial charge in [0.25, 0.3) is 0 Å². The Balaban J connectivity index is 1.23. The van der Waals surface area contributed by atoms with Crippen LogP contribution in [-0.2, 0) is 6.42 Å². The largest absolute Gasteiger partial charge is 0.472 e. The van der Waals surface area contributed by atoms with Crippen LogP contribution >= 0.6 is 11.3 Å². The number of anilines is 2. The Morgan fingerprint density at radius 3 is 2.36 bits per heavy atom. The Hall–Kier alpha value is -3.64. The fourth-order valence-corrected chi connectivity index (χ4v) is 4.77. The van der Waals surface area contributed by atoms with Gasteiger partial charge in [0.15, 0.2) is 5.82 Å². The van der Waals surface area contributed by atoms with Gasteiger partial charge in [0.2, 0.25) is 0 Å². The number of nitrogens with zero attached hydrogens (tertiary/aromatic N) is 2. The third-order valence-electron chi connectivity index (χ3n) is 5.69. The zero-order chi connectivity index (χ0) is 22.6. The molecule has 0 spiro atoms. The third kappa shape index (κ3) is 4.76. The highest BCUT2D eigenvalue weighted by Gasteiger charge is 2.12. The molecule has 0 amide bonds. The Morgan fingerprint density at radius 2 is 1.67 bits per heavy atom. The molecule has 0 atom stereocenters. The quantitative estimate of drug-likeness (QED) is 0.247. The zero-order valence-corrected chi connectivity index (χ0v) is 19.6. The van der Waals surface area contributed by atoms with Gasteiger partial charge in [-0.05, 0) is 60.7 Å². The van der Waals surface area contributed by atoms with Gasteiger partial charge in [0.05, 0.1) is 17.2 Å². The van der Waals surface area contributed by atoms with Crippen molar-refractivity contribution in [3.63, 3.8) is 0 Å². The average molecular weight is 455 g/mol. The molecule has 0 fully saturated rings. The van der Waals surface area contributed by atoms with E-state index in [4.69, 9.17) is 14.4 Å². The number of benzene rings is 2. The van der Waals surface area contributed by atoms with Crippen LogP contribution in [0.1, 0.15) is 16.9 Å². The number of aromatic nitrogens is 2. The molecule has 0 saturated carbocycles. The van der Waals surface area contributed by atoms with E-state index in [-0.39, 0.29) is 0 Å². The van der Waals surface area contributed by atoms with E-state index < -0.39 is 0 Å². The smallest absolute Gasteiger partial charge is 0.166 e. The normalized spacial score (nSPS) is 11.1. The standard InChI is InChI=1S/C27H26N4OS/c1-18-16-24-26(30-25(31-27(24)33-18)22-13-15-32-17-22)29-14-3-4-19-5-7-20(8-6-19)21-9-11-23(28-2)12-10-21/h5-13,15-17,28H,3-4,14H2,1-2H3,(H,29,30,31). The number of nitrogens with one attached hydrogen (secondary N) is 2. The number of furan rings is 1. The average Bonchev–Trinajstić information content (AvgIpc) is 3.51. The van der Waals surface area contributed by atoms with Crippen molar-refractivity contribution in [3.8, 4) is 22.5 Å². The second kappa shape index (κ2) is 9.46. The first kappa shape index (κ1) is 21.2. The van der Waals surface area contributed by atoms with Crippen molar-refractivity contribution >= 4 is 33.1 Å². The van der Waals surface area contributed by atoms with E-state index in [9.17, 15) is 0 Å². The fraction of sp³-hybridized carbons (Fsp3) is 0.185. The lowest BCUT2D eigenvalue weighted by molar-refractivity contribution is 0.568. The van der Waals surface area contributed by atoms with E-state index in [2.05, 4.69) is 72.2 Å². The van der Waals surface area contributed by atoms with Gasteiger partial charge in [-0.2, -0.15) is 0 Å². The highest BCUT2D eigenvalue weighted by molar-refractivity contribution is 7.18. The maximum Gasteiger partial charge on any atom is 0.166 e. The predicted molar refractivity (Wildman–Crippen MR) is 138 cm³/mol. The molecule has 6 heteroatoms. The summed E-state index contributed by atoms with van der Waals surface area (Å²) < 4.78 is 5.22. The number of thiophene rings is 1. The lowest BCUT2D eigenvalue weighted by atomic mass is 10.0. The molecule has 5 aromatic rings. The van der Waals surface area contributed by atoms with Crippen LogP contribution in [0.25, 0.3) is 32.7 Å². The van der Waals surface area contributed by atoms with E-state index >= 15 is 0 Å². The number of hydrogen-bond donors (Lipinski definition) is 2. The minimum atomic E-state index is 0.693. The minimum absolute atomic E-state index is 0.693. The monoisotopic (exact) mass is 454 g/mol. The summed E-state index contributed by atoms with van der Waals surface area (Å²) >= 11 is 1.69. The number of rotatable bonds is 8. The Labute approximate surface area is 197 Å². The van der Waals surface area contributed by atoms with Gasteiger partial charge < -0.3 is 15.1 Å². The molecule has 0 aliphatic rings. The maximum atomic E-state index is 5.22. The molecule has 2 aromatic carbocycles. The first-order valence-electron chi connectivity index (χ1n) is 11.1. The van der Waals surface area contributed by atoms with Gasteiger partial charge in [-0.25, -0.2) is 9.97 Å². The highest BCUT2D eigenvalue weighted by atomic mass is 32.1. The van der Waals surface area contributed by atoms with Crippen LogP contribution in [0.3, 0.4) is 0 Å². The lowest BCUT2D eigenvalue weighted by Crippen LogP contribution is -2.06. The number of fused-ring (bicyclic) bond motifs is 1. The summed E-state index contributed by atoms with van der Waals surface area (Å²) in [6, 6.07) is 21.4. The summed E-state index contributed by atoms with van der Waals surface area (Å²) in [6.07, 6.45) is 5.37. The van der Waals surface area contributed by atoms with Crippen LogP contribution in [0.4, 0.5) is 11.5 Å². The van der Waals surface area contributed by atoms with Gasteiger partial charge in [-0.15, -0.1) is 11.3 Å². The van der Waals surface area contributed by atoms with Crippen molar-refractivity contribution in [2.45, 2.75) is 19.8 Å². The maximum absolute atomic E-state index is 5.22. The molecule has 33 heavy (non-hydrogen) atoms. The molecule has 0 bridgehead atoms. The van der Waals surface area contributed by atoms with E-state index in [0.29, 0.717) is 5.82 Å². The minimum Gasteiger partial charge on any atom is -0.472 e. The molecule has 3 aromatic heterocycles. The summed E-state index contributed by atoms with van der Waals surface area (Å²) in [7, 11) is 1.94. The molecular formula is C27H26N4OS. The predicted octanol–water partition coefficient (Wildman–Crippen LogP) is 7.01. The van der Waals surface area contributed by atoms with Crippen molar-refractivity contribution in [1.82, 2.24) is 9.97 Å². The highest BCUT2D eigenvalue weighted by Crippen LogP contribution is 2.31. The summed E-state index contributed by atoms with van der Waals surface area (Å²) in [6.45, 7) is 2.95. The van der Waals surface area contributed by atoms with Gasteiger partial charge in [0.1, 0.15) is 16.9 Å². The van der Waals surface area contributed by atoms with Crippen LogP contribution in [0.15, 0.2) is 77.6 Å². The SMILES string of the molecule is CNc1ccc(-c2ccc(CCCNc3nc(-c4ccoc4)nc4sc(C)cc34)cc2)cc1. The van der Waals surface area contributed by atoms with Gasteiger partial charge >= 0.3 is 0 Å². The van der Waals surface area contributed by atoms with Gasteiger partial charge in [0, 0.05) is 24.2 Å². The topological polar surface area (TPSA) is 63.0 Å². The molecule has 5 rings (SSSR count). The van der Waals surface area contributed by atoms with Gasteiger partial charge in [-0.3, -0.25) is 0 Å². The molecule has 5 nitrogen and oxygen atoms in total. The summed E-state index contributed by atoms with van der Waals surface area (Å²) in [5, 5.41) is 7.78. The molecule has 0 aliphatic heterocycles. The van der Waals surface area contributed by atoms with Gasteiger partial charge in [-0.1, -0.05) is 36.4 Å². The summed E-state index contributed by atoms with van der Waals surface area (Å²) in [4.78, 5) is 11.7. The van der Waals surface area contributed by atoms with Crippen molar-refractivity contribution in [2.24, 2.45) is 0 Å². The Kier molecular flexibility index (Phi) is 6.09. The van der Waals surface area contributed by atoms with Crippen LogP contribution in [0.2, 0.25) is 0 Å². The van der Waals surface area contributed by atoms with Crippen LogP contribution in [-0.4, -0.2) is 23.6 Å². The second-order valence-corrected chi connectivity index (χ2v) is 9.27. The first-order chi connectivity index (χ1) is 16.2. The first-order valence-corrected chi connectivity index (χ1v) is 11.9. The van der Waals surface area contributed by atoms with E-state index in [1.807, 2.05) is 13.1 Å². The molecule has 0 saturated heterocycles. The molecule has 3 heterocycles. The number of aryl methyl sites for hydroxylation is 2. The summed E-state index contributed by atoms with van der Waals surface area (Å²) in [5.74, 6) is 1.58. The Morgan fingerprint density at radius 1 is 0.909 bits per heavy atom. The zero-order valence-electron chi connectivity index (χ0n) is 18.8. The molecular weight excluding hydrogens is 428 g/mol. The Bertz CT molecular complexity index is 1340. The van der Waals surface area contributed by atoms with E-state index in [0.717, 1.165) is 46.7 Å². The lowest BCUT2D eigenvalue weighted by Gasteiger charge is -2.09. The summed E-state index contributed by atoms with van der Waals surface area (Å²) in [5.41, 5.74) is 5.83. The van der Waals surface area contributed by atoms with Crippen molar-refractivity contribution < 1.29 is 4.42 Å². The van der Waals surface area contributed by atoms with Crippen LogP contribution < -0.4 is 10.6 Å². The van der Waals surface area contributed by atoms with Crippen molar-refractivity contribution in [2.75, 3.05) is 24.2 Å². The van der Waals surface area contributed by atoms with Crippen molar-refractivity contribution in [3.05, 3.63) is 83.6 Å². The second-order valence-electron chi connectivity index (χ2n) is 8.04. The molecule has 0 aliphatic carbocycles. The fourth-order valence-electron chi connectivity index (χ4n) is 3.89. The van der Waals surface area contributed by atoms with Crippen LogP contribution in [0, 0.1) is 6.92 Å². The van der Waals surface area contributed by atoms with Crippen LogP contribution in [0.5, 0.6) is 0 Å². The molecule has 0 radical (unpaired) electrons. The van der Waals surface area contributed by atoms with E-state index in [1.165, 1.54) is 21.6 Å². The molecule has 0 unspecified atom stereocenters. The third-order valence-corrected chi connectivity index (χ3v) is 6.64. The molecule has 2 N–H and O–H groups in total. The number of hydrogen-bond acceptors (Lipinski definition) is 6. The van der Waals surface area contributed by atoms with E-state index in [1.54, 1.807) is 23.9 Å². The van der Waals surface area contributed by atoms with Crippen molar-refractivity contribution in [1.29, 1.82) is 0 Å².